The first-order chi connectivity index (χ1) is 12.9. The minimum atomic E-state index is -0.317. The van der Waals surface area contributed by atoms with E-state index in [-0.39, 0.29) is 24.2 Å². The molecule has 0 aromatic heterocycles. The van der Waals surface area contributed by atoms with Gasteiger partial charge in [0.05, 0.1) is 5.92 Å². The number of carbonyl (C=O) groups is 2. The average molecular weight is 430 g/mol. The summed E-state index contributed by atoms with van der Waals surface area (Å²) in [5.74, 6) is -0.393. The summed E-state index contributed by atoms with van der Waals surface area (Å²) in [6, 6.07) is 15.7. The van der Waals surface area contributed by atoms with E-state index < -0.39 is 0 Å². The Kier molecular flexibility index (Phi) is 6.29. The van der Waals surface area contributed by atoms with Crippen LogP contribution in [0.25, 0.3) is 0 Å². The Morgan fingerprint density at radius 3 is 2.48 bits per heavy atom. The number of anilines is 1. The second kappa shape index (κ2) is 8.67. The van der Waals surface area contributed by atoms with E-state index >= 15 is 0 Å². The Morgan fingerprint density at radius 2 is 1.81 bits per heavy atom. The molecule has 1 fully saturated rings. The van der Waals surface area contributed by atoms with Crippen LogP contribution in [0.1, 0.15) is 17.5 Å². The number of halogens is 1. The van der Waals surface area contributed by atoms with Crippen molar-refractivity contribution in [3.8, 4) is 0 Å². The number of nitrogens with one attached hydrogen (secondary N) is 1. The Balaban J connectivity index is 1.61. The van der Waals surface area contributed by atoms with Gasteiger partial charge >= 0.3 is 0 Å². The number of carbonyl (C=O) groups excluding carboxylic acids is 2. The summed E-state index contributed by atoms with van der Waals surface area (Å²) in [6.07, 6.45) is 0.251. The lowest BCUT2D eigenvalue weighted by molar-refractivity contribution is -0.126. The highest BCUT2D eigenvalue weighted by atomic mass is 79.9. The molecule has 142 valence electrons. The standard InChI is InChI=1S/C21H24BrN3O2/c1-24(2)13-16-6-4-3-5-15(16)12-23-21(27)17-11-20(26)25(14-17)19-9-7-18(22)8-10-19/h3-10,17H,11-14H2,1-2H3,(H,23,27)/t17-/m0/s1. The van der Waals surface area contributed by atoms with E-state index in [9.17, 15) is 9.59 Å². The normalized spacial score (nSPS) is 16.8. The fourth-order valence-corrected chi connectivity index (χ4v) is 3.57. The Morgan fingerprint density at radius 1 is 1.15 bits per heavy atom. The molecule has 1 atom stereocenters. The number of amides is 2. The average Bonchev–Trinajstić information content (AvgIpc) is 3.03. The van der Waals surface area contributed by atoms with Crippen molar-refractivity contribution in [3.05, 3.63) is 64.1 Å². The minimum absolute atomic E-state index is 0.00881. The zero-order valence-corrected chi connectivity index (χ0v) is 17.2. The van der Waals surface area contributed by atoms with Gasteiger partial charge in [-0.2, -0.15) is 0 Å². The van der Waals surface area contributed by atoms with Crippen LogP contribution in [-0.2, 0) is 22.7 Å². The molecule has 0 radical (unpaired) electrons. The molecule has 2 aromatic carbocycles. The fourth-order valence-electron chi connectivity index (χ4n) is 3.31. The number of hydrogen-bond donors (Lipinski definition) is 1. The Bertz CT molecular complexity index is 820. The van der Waals surface area contributed by atoms with Crippen LogP contribution in [0.5, 0.6) is 0 Å². The number of hydrogen-bond acceptors (Lipinski definition) is 3. The molecule has 1 N–H and O–H groups in total. The van der Waals surface area contributed by atoms with E-state index in [1.165, 1.54) is 5.56 Å². The highest BCUT2D eigenvalue weighted by molar-refractivity contribution is 9.10. The lowest BCUT2D eigenvalue weighted by Gasteiger charge is -2.17. The maximum absolute atomic E-state index is 12.6. The van der Waals surface area contributed by atoms with E-state index in [0.717, 1.165) is 22.3 Å². The first-order valence-corrected chi connectivity index (χ1v) is 9.78. The van der Waals surface area contributed by atoms with Gasteiger partial charge < -0.3 is 15.1 Å². The van der Waals surface area contributed by atoms with Gasteiger partial charge in [0, 0.05) is 36.2 Å². The molecule has 1 heterocycles. The fraction of sp³-hybridized carbons (Fsp3) is 0.333. The van der Waals surface area contributed by atoms with Crippen molar-refractivity contribution in [1.82, 2.24) is 10.2 Å². The van der Waals surface area contributed by atoms with Crippen molar-refractivity contribution < 1.29 is 9.59 Å². The number of nitrogens with zero attached hydrogens (tertiary/aromatic N) is 2. The SMILES string of the molecule is CN(C)Cc1ccccc1CNC(=O)[C@H]1CC(=O)N(c2ccc(Br)cc2)C1. The number of benzene rings is 2. The molecule has 27 heavy (non-hydrogen) atoms. The van der Waals surface area contributed by atoms with Crippen molar-refractivity contribution >= 4 is 33.4 Å². The largest absolute Gasteiger partial charge is 0.352 e. The zero-order valence-electron chi connectivity index (χ0n) is 15.6. The van der Waals surface area contributed by atoms with Gasteiger partial charge in [-0.15, -0.1) is 0 Å². The highest BCUT2D eigenvalue weighted by Gasteiger charge is 2.35. The van der Waals surface area contributed by atoms with Gasteiger partial charge in [0.2, 0.25) is 11.8 Å². The molecule has 0 bridgehead atoms. The van der Waals surface area contributed by atoms with Crippen LogP contribution in [0.4, 0.5) is 5.69 Å². The van der Waals surface area contributed by atoms with Gasteiger partial charge in [-0.3, -0.25) is 9.59 Å². The van der Waals surface area contributed by atoms with Crippen molar-refractivity contribution in [2.24, 2.45) is 5.92 Å². The van der Waals surface area contributed by atoms with Crippen molar-refractivity contribution in [3.63, 3.8) is 0 Å². The minimum Gasteiger partial charge on any atom is -0.352 e. The maximum Gasteiger partial charge on any atom is 0.227 e. The van der Waals surface area contributed by atoms with Gasteiger partial charge in [0.15, 0.2) is 0 Å². The smallest absolute Gasteiger partial charge is 0.227 e. The predicted octanol–water partition coefficient (Wildman–Crippen LogP) is 3.18. The van der Waals surface area contributed by atoms with Crippen LogP contribution in [0.3, 0.4) is 0 Å². The lowest BCUT2D eigenvalue weighted by Crippen LogP contribution is -2.33. The second-order valence-corrected chi connectivity index (χ2v) is 8.02. The third-order valence-corrected chi connectivity index (χ3v) is 5.22. The molecule has 0 spiro atoms. The van der Waals surface area contributed by atoms with Gasteiger partial charge in [-0.25, -0.2) is 0 Å². The molecule has 0 unspecified atom stereocenters. The van der Waals surface area contributed by atoms with Crippen LogP contribution < -0.4 is 10.2 Å². The van der Waals surface area contributed by atoms with Crippen molar-refractivity contribution in [1.29, 1.82) is 0 Å². The summed E-state index contributed by atoms with van der Waals surface area (Å²) in [4.78, 5) is 28.8. The molecule has 1 aliphatic rings. The van der Waals surface area contributed by atoms with Gasteiger partial charge in [-0.05, 0) is 49.5 Å². The monoisotopic (exact) mass is 429 g/mol. The molecule has 0 aliphatic carbocycles. The summed E-state index contributed by atoms with van der Waals surface area (Å²) >= 11 is 3.40. The third-order valence-electron chi connectivity index (χ3n) is 4.69. The molecule has 1 aliphatic heterocycles. The van der Waals surface area contributed by atoms with Gasteiger partial charge in [0.1, 0.15) is 0 Å². The Labute approximate surface area is 168 Å². The third kappa shape index (κ3) is 4.96. The molecule has 1 saturated heterocycles. The second-order valence-electron chi connectivity index (χ2n) is 7.11. The summed E-state index contributed by atoms with van der Waals surface area (Å²) in [5, 5.41) is 3.01. The van der Waals surface area contributed by atoms with E-state index in [1.807, 2.05) is 56.6 Å². The molecular weight excluding hydrogens is 406 g/mol. The van der Waals surface area contributed by atoms with Crippen molar-refractivity contribution in [2.75, 3.05) is 25.5 Å². The van der Waals surface area contributed by atoms with E-state index in [0.29, 0.717) is 13.1 Å². The summed E-state index contributed by atoms with van der Waals surface area (Å²) in [6.45, 7) is 1.72. The first kappa shape index (κ1) is 19.6. The van der Waals surface area contributed by atoms with Crippen LogP contribution in [0.2, 0.25) is 0 Å². The van der Waals surface area contributed by atoms with Crippen LogP contribution in [0.15, 0.2) is 53.0 Å². The van der Waals surface area contributed by atoms with Crippen LogP contribution >= 0.6 is 15.9 Å². The quantitative estimate of drug-likeness (QED) is 0.766. The molecule has 3 rings (SSSR count). The molecule has 0 saturated carbocycles. The van der Waals surface area contributed by atoms with E-state index in [1.54, 1.807) is 4.90 Å². The number of rotatable bonds is 6. The maximum atomic E-state index is 12.6. The summed E-state index contributed by atoms with van der Waals surface area (Å²) < 4.78 is 0.962. The Hall–Kier alpha value is -2.18. The van der Waals surface area contributed by atoms with Gasteiger partial charge in [-0.1, -0.05) is 40.2 Å². The summed E-state index contributed by atoms with van der Waals surface area (Å²) in [7, 11) is 4.05. The highest BCUT2D eigenvalue weighted by Crippen LogP contribution is 2.26. The van der Waals surface area contributed by atoms with E-state index in [4.69, 9.17) is 0 Å². The molecule has 2 aromatic rings. The van der Waals surface area contributed by atoms with Crippen molar-refractivity contribution in [2.45, 2.75) is 19.5 Å². The zero-order chi connectivity index (χ0) is 19.4. The predicted molar refractivity (Wildman–Crippen MR) is 110 cm³/mol. The van der Waals surface area contributed by atoms with Gasteiger partial charge in [0.25, 0.3) is 0 Å². The van der Waals surface area contributed by atoms with Crippen LogP contribution in [-0.4, -0.2) is 37.4 Å². The molecule has 2 amide bonds. The summed E-state index contributed by atoms with van der Waals surface area (Å²) in [5.41, 5.74) is 3.13. The lowest BCUT2D eigenvalue weighted by atomic mass is 10.1. The van der Waals surface area contributed by atoms with E-state index in [2.05, 4.69) is 32.2 Å². The topological polar surface area (TPSA) is 52.7 Å². The molecule has 6 heteroatoms. The molecule has 5 nitrogen and oxygen atoms in total. The van der Waals surface area contributed by atoms with Crippen LogP contribution in [0, 0.1) is 5.92 Å². The first-order valence-electron chi connectivity index (χ1n) is 8.99. The molecular formula is C21H24BrN3O2.